The third-order valence-electron chi connectivity index (χ3n) is 9.32. The van der Waals surface area contributed by atoms with Gasteiger partial charge < -0.3 is 25.2 Å². The summed E-state index contributed by atoms with van der Waals surface area (Å²) in [5.41, 5.74) is 5.34. The second-order valence-corrected chi connectivity index (χ2v) is 16.2. The maximum Gasteiger partial charge on any atom is 0.472 e. The second-order valence-electron chi connectivity index (χ2n) is 14.8. The summed E-state index contributed by atoms with van der Waals surface area (Å²) in [7, 11) is -4.43. The first kappa shape index (κ1) is 53.9. The molecular weight excluding hydrogens is 729 g/mol. The molecule has 326 valence electrons. The van der Waals surface area contributed by atoms with E-state index in [1.807, 2.05) is 12.2 Å². The fraction of sp³-hybridized carbons (Fsp3) is 0.778. The van der Waals surface area contributed by atoms with Gasteiger partial charge in [-0.25, -0.2) is 4.57 Å². The van der Waals surface area contributed by atoms with Crippen LogP contribution in [0.4, 0.5) is 0 Å². The van der Waals surface area contributed by atoms with Crippen molar-refractivity contribution in [3.63, 3.8) is 0 Å². The van der Waals surface area contributed by atoms with Crippen molar-refractivity contribution in [3.05, 3.63) is 48.6 Å². The minimum absolute atomic E-state index is 0.00272. The number of aliphatic hydroxyl groups excluding tert-OH is 1. The third kappa shape index (κ3) is 40.1. The van der Waals surface area contributed by atoms with Crippen molar-refractivity contribution < 1.29 is 42.7 Å². The number of nitrogens with two attached hydrogens (primary N) is 1. The molecule has 1 unspecified atom stereocenters. The summed E-state index contributed by atoms with van der Waals surface area (Å²) in [5, 5.41) is 10.3. The number of carbonyl (C=O) groups excluding carboxylic acids is 2. The van der Waals surface area contributed by atoms with Crippen molar-refractivity contribution in [3.8, 4) is 0 Å². The first-order valence-corrected chi connectivity index (χ1v) is 23.7. The van der Waals surface area contributed by atoms with Gasteiger partial charge in [0, 0.05) is 19.4 Å². The number of aliphatic hydroxyl groups is 1. The fourth-order valence-electron chi connectivity index (χ4n) is 5.97. The first-order valence-electron chi connectivity index (χ1n) is 22.2. The van der Waals surface area contributed by atoms with Crippen LogP contribution in [-0.4, -0.2) is 60.5 Å². The predicted octanol–water partition coefficient (Wildman–Crippen LogP) is 11.7. The number of ether oxygens (including phenoxy) is 2. The molecule has 0 rings (SSSR count). The van der Waals surface area contributed by atoms with E-state index in [1.165, 1.54) is 103 Å². The highest BCUT2D eigenvalue weighted by Crippen LogP contribution is 2.43. The van der Waals surface area contributed by atoms with Crippen LogP contribution < -0.4 is 5.73 Å². The van der Waals surface area contributed by atoms with Gasteiger partial charge in [-0.3, -0.25) is 18.6 Å². The molecule has 0 spiro atoms. The lowest BCUT2D eigenvalue weighted by molar-refractivity contribution is -0.161. The molecule has 0 radical (unpaired) electrons. The Labute approximate surface area is 341 Å². The number of rotatable bonds is 41. The Morgan fingerprint density at radius 3 is 1.73 bits per heavy atom. The Morgan fingerprint density at radius 2 is 1.14 bits per heavy atom. The maximum absolute atomic E-state index is 12.6. The Balaban J connectivity index is 4.32. The van der Waals surface area contributed by atoms with Gasteiger partial charge in [-0.1, -0.05) is 178 Å². The first-order chi connectivity index (χ1) is 27.2. The van der Waals surface area contributed by atoms with Gasteiger partial charge in [0.15, 0.2) is 6.10 Å². The summed E-state index contributed by atoms with van der Waals surface area (Å²) < 4.78 is 32.6. The van der Waals surface area contributed by atoms with Gasteiger partial charge in [0.2, 0.25) is 0 Å². The van der Waals surface area contributed by atoms with E-state index in [9.17, 15) is 24.2 Å². The average molecular weight is 812 g/mol. The summed E-state index contributed by atoms with van der Waals surface area (Å²) in [4.78, 5) is 34.9. The summed E-state index contributed by atoms with van der Waals surface area (Å²) >= 11 is 0. The van der Waals surface area contributed by atoms with Crippen LogP contribution in [0.1, 0.15) is 187 Å². The molecule has 10 nitrogen and oxygen atoms in total. The Hall–Kier alpha value is -2.07. The van der Waals surface area contributed by atoms with Gasteiger partial charge >= 0.3 is 19.8 Å². The molecule has 0 fully saturated rings. The average Bonchev–Trinajstić information content (AvgIpc) is 3.18. The lowest BCUT2D eigenvalue weighted by Gasteiger charge is -2.20. The molecular formula is C45H82NO9P. The van der Waals surface area contributed by atoms with E-state index in [4.69, 9.17) is 24.3 Å². The van der Waals surface area contributed by atoms with E-state index >= 15 is 0 Å². The van der Waals surface area contributed by atoms with Gasteiger partial charge in [0.05, 0.1) is 19.3 Å². The summed E-state index contributed by atoms with van der Waals surface area (Å²) in [5.74, 6) is -1.03. The zero-order chi connectivity index (χ0) is 41.2. The number of hydrogen-bond acceptors (Lipinski definition) is 9. The summed E-state index contributed by atoms with van der Waals surface area (Å²) in [6, 6.07) is 0. The molecule has 11 heteroatoms. The largest absolute Gasteiger partial charge is 0.472 e. The van der Waals surface area contributed by atoms with Gasteiger partial charge in [-0.2, -0.15) is 0 Å². The van der Waals surface area contributed by atoms with Crippen LogP contribution in [0, 0.1) is 0 Å². The molecule has 0 bridgehead atoms. The van der Waals surface area contributed by atoms with Crippen molar-refractivity contribution >= 4 is 19.8 Å². The highest BCUT2D eigenvalue weighted by Gasteiger charge is 2.26. The molecule has 0 aliphatic carbocycles. The molecule has 0 saturated heterocycles. The third-order valence-corrected chi connectivity index (χ3v) is 10.3. The van der Waals surface area contributed by atoms with Gasteiger partial charge in [0.25, 0.3) is 0 Å². The lowest BCUT2D eigenvalue weighted by atomic mass is 10.0. The normalized spacial score (nSPS) is 14.3. The monoisotopic (exact) mass is 812 g/mol. The van der Waals surface area contributed by atoms with Crippen molar-refractivity contribution in [1.29, 1.82) is 0 Å². The number of phosphoric ester groups is 1. The van der Waals surface area contributed by atoms with Crippen LogP contribution in [0.15, 0.2) is 48.6 Å². The van der Waals surface area contributed by atoms with E-state index < -0.39 is 38.6 Å². The van der Waals surface area contributed by atoms with Crippen LogP contribution in [0.3, 0.4) is 0 Å². The zero-order valence-electron chi connectivity index (χ0n) is 35.5. The van der Waals surface area contributed by atoms with Crippen molar-refractivity contribution in [1.82, 2.24) is 0 Å². The van der Waals surface area contributed by atoms with E-state index in [-0.39, 0.29) is 32.6 Å². The molecule has 0 heterocycles. The molecule has 0 aromatic rings. The van der Waals surface area contributed by atoms with Crippen LogP contribution in [0.2, 0.25) is 0 Å². The minimum atomic E-state index is -4.43. The van der Waals surface area contributed by atoms with Crippen LogP contribution in [0.5, 0.6) is 0 Å². The van der Waals surface area contributed by atoms with Crippen LogP contribution in [-0.2, 0) is 32.7 Å². The molecule has 0 amide bonds. The second kappa shape index (κ2) is 41.1. The molecule has 56 heavy (non-hydrogen) atoms. The quantitative estimate of drug-likeness (QED) is 0.0179. The van der Waals surface area contributed by atoms with E-state index in [0.717, 1.165) is 38.5 Å². The fourth-order valence-corrected chi connectivity index (χ4v) is 6.74. The Kier molecular flexibility index (Phi) is 39.6. The van der Waals surface area contributed by atoms with Gasteiger partial charge in [-0.15, -0.1) is 0 Å². The standard InChI is InChI=1S/C45H82NO9P/c1-3-5-7-9-11-13-15-17-18-19-20-22-24-26-28-30-32-36-44(48)52-40-43(41-54-56(50,51)53-39-38-46)55-45(49)37-33-35-42(47)34-31-29-27-25-23-21-16-14-12-10-8-6-4-2/h12,14,21,23,27,29,31,34,42-43,47H,3-11,13,15-20,22,24-26,28,30,32-33,35-41,46H2,1-2H3,(H,50,51)/b14-12-,23-21-,29-27-,34-31+/t42-,43+/m0/s1. The Morgan fingerprint density at radius 1 is 0.625 bits per heavy atom. The number of esters is 2. The predicted molar refractivity (Wildman–Crippen MR) is 230 cm³/mol. The summed E-state index contributed by atoms with van der Waals surface area (Å²) in [6.07, 6.45) is 43.1. The van der Waals surface area contributed by atoms with Crippen molar-refractivity contribution in [2.75, 3.05) is 26.4 Å². The highest BCUT2D eigenvalue weighted by atomic mass is 31.2. The zero-order valence-corrected chi connectivity index (χ0v) is 36.4. The number of phosphoric acid groups is 1. The van der Waals surface area contributed by atoms with Crippen LogP contribution in [0.25, 0.3) is 0 Å². The van der Waals surface area contributed by atoms with Crippen molar-refractivity contribution in [2.24, 2.45) is 5.73 Å². The molecule has 0 aromatic heterocycles. The number of unbranched alkanes of at least 4 members (excludes halogenated alkanes) is 19. The minimum Gasteiger partial charge on any atom is -0.462 e. The van der Waals surface area contributed by atoms with Gasteiger partial charge in [0.1, 0.15) is 6.61 Å². The molecule has 0 aromatic carbocycles. The van der Waals surface area contributed by atoms with E-state index in [0.29, 0.717) is 19.3 Å². The summed E-state index contributed by atoms with van der Waals surface area (Å²) in [6.45, 7) is 3.49. The van der Waals surface area contributed by atoms with Crippen molar-refractivity contribution in [2.45, 2.75) is 199 Å². The number of hydrogen-bond donors (Lipinski definition) is 3. The maximum atomic E-state index is 12.6. The van der Waals surface area contributed by atoms with Crippen LogP contribution >= 0.6 is 7.82 Å². The Bertz CT molecular complexity index is 1080. The van der Waals surface area contributed by atoms with E-state index in [2.05, 4.69) is 38.2 Å². The van der Waals surface area contributed by atoms with E-state index in [1.54, 1.807) is 12.2 Å². The smallest absolute Gasteiger partial charge is 0.462 e. The lowest BCUT2D eigenvalue weighted by Crippen LogP contribution is -2.29. The highest BCUT2D eigenvalue weighted by molar-refractivity contribution is 7.47. The number of carbonyl (C=O) groups is 2. The molecule has 4 N–H and O–H groups in total. The molecule has 0 aliphatic heterocycles. The van der Waals surface area contributed by atoms with Gasteiger partial charge in [-0.05, 0) is 44.9 Å². The molecule has 0 saturated carbocycles. The molecule has 3 atom stereocenters. The molecule has 0 aliphatic rings. The topological polar surface area (TPSA) is 155 Å². The number of allylic oxidation sites excluding steroid dienone is 7. The SMILES string of the molecule is CCCCC/C=C\C/C=C\C/C=C\C=C\[C@H](O)CCCC(=O)O[C@H](COC(=O)CCCCCCCCCCCCCCCCCCC)COP(=O)(O)OCCN.